The Morgan fingerprint density at radius 3 is 2.69 bits per heavy atom. The molecule has 0 aromatic carbocycles. The molecule has 0 unspecified atom stereocenters. The Bertz CT molecular complexity index is 1230. The van der Waals surface area contributed by atoms with Gasteiger partial charge in [0.1, 0.15) is 5.69 Å². The number of fused-ring (bicyclic) bond motifs is 1. The lowest BCUT2D eigenvalue weighted by Crippen LogP contribution is -2.26. The van der Waals surface area contributed by atoms with Gasteiger partial charge in [-0.2, -0.15) is 23.4 Å². The summed E-state index contributed by atoms with van der Waals surface area (Å²) in [5.41, 5.74) is 0.574. The van der Waals surface area contributed by atoms with Crippen LogP contribution in [0, 0.1) is 0 Å². The summed E-state index contributed by atoms with van der Waals surface area (Å²) in [6, 6.07) is 5.58. The van der Waals surface area contributed by atoms with Crippen LogP contribution in [0.5, 0.6) is 0 Å². The summed E-state index contributed by atoms with van der Waals surface area (Å²) in [6.07, 6.45) is 1.51. The first-order valence-electron chi connectivity index (χ1n) is 9.64. The molecule has 0 aliphatic rings. The van der Waals surface area contributed by atoms with Crippen molar-refractivity contribution in [2.75, 3.05) is 13.2 Å². The van der Waals surface area contributed by atoms with Gasteiger partial charge in [-0.15, -0.1) is 0 Å². The van der Waals surface area contributed by atoms with Crippen LogP contribution in [-0.2, 0) is 12.7 Å². The number of amides is 1. The molecule has 2 N–H and O–H groups in total. The van der Waals surface area contributed by atoms with Gasteiger partial charge in [-0.25, -0.2) is 9.67 Å². The highest BCUT2D eigenvalue weighted by Crippen LogP contribution is 2.28. The SMILES string of the molecule is O=C(NCCCO)c1nccc2nn(Cc3ccn(-c4ccc(C(F)(F)F)cn4)n3)cc12. The molecule has 0 spiro atoms. The number of pyridine rings is 2. The third kappa shape index (κ3) is 4.59. The molecule has 4 rings (SSSR count). The zero-order valence-corrected chi connectivity index (χ0v) is 16.6. The molecule has 0 aliphatic heterocycles. The van der Waals surface area contributed by atoms with Crippen molar-refractivity contribution in [1.29, 1.82) is 0 Å². The summed E-state index contributed by atoms with van der Waals surface area (Å²) in [6.45, 7) is 0.579. The van der Waals surface area contributed by atoms with E-state index in [9.17, 15) is 18.0 Å². The summed E-state index contributed by atoms with van der Waals surface area (Å²) in [4.78, 5) is 20.3. The normalized spacial score (nSPS) is 11.8. The van der Waals surface area contributed by atoms with Gasteiger partial charge in [0.15, 0.2) is 5.82 Å². The number of aliphatic hydroxyl groups excluding tert-OH is 1. The van der Waals surface area contributed by atoms with E-state index < -0.39 is 11.7 Å². The number of halogens is 3. The molecule has 12 heteroatoms. The number of aliphatic hydroxyl groups is 1. The number of aromatic nitrogens is 6. The molecule has 0 fully saturated rings. The van der Waals surface area contributed by atoms with Crippen LogP contribution in [0.15, 0.2) is 49.1 Å². The van der Waals surface area contributed by atoms with Crippen LogP contribution >= 0.6 is 0 Å². The van der Waals surface area contributed by atoms with Gasteiger partial charge in [-0.3, -0.25) is 14.5 Å². The lowest BCUT2D eigenvalue weighted by atomic mass is 10.2. The Morgan fingerprint density at radius 1 is 1.12 bits per heavy atom. The van der Waals surface area contributed by atoms with Crippen LogP contribution < -0.4 is 5.32 Å². The summed E-state index contributed by atoms with van der Waals surface area (Å²) >= 11 is 0. The van der Waals surface area contributed by atoms with E-state index in [0.717, 1.165) is 12.3 Å². The van der Waals surface area contributed by atoms with E-state index >= 15 is 0 Å². The van der Waals surface area contributed by atoms with Crippen molar-refractivity contribution in [3.05, 3.63) is 66.0 Å². The molecule has 0 aliphatic carbocycles. The maximum atomic E-state index is 12.7. The van der Waals surface area contributed by atoms with Gasteiger partial charge < -0.3 is 10.4 Å². The van der Waals surface area contributed by atoms with E-state index in [1.807, 2.05) is 0 Å². The zero-order chi connectivity index (χ0) is 22.7. The topological polar surface area (TPSA) is 111 Å². The van der Waals surface area contributed by atoms with Gasteiger partial charge in [-0.1, -0.05) is 0 Å². The molecule has 0 bridgehead atoms. The molecule has 166 valence electrons. The van der Waals surface area contributed by atoms with Crippen molar-refractivity contribution in [2.24, 2.45) is 0 Å². The molecule has 1 amide bonds. The average Bonchev–Trinajstić information content (AvgIpc) is 3.40. The molecule has 0 saturated carbocycles. The Morgan fingerprint density at radius 2 is 1.97 bits per heavy atom. The number of carbonyl (C=O) groups excluding carboxylic acids is 1. The van der Waals surface area contributed by atoms with Crippen molar-refractivity contribution < 1.29 is 23.1 Å². The quantitative estimate of drug-likeness (QED) is 0.422. The third-order valence-electron chi connectivity index (χ3n) is 4.60. The molecule has 0 saturated heterocycles. The fourth-order valence-corrected chi connectivity index (χ4v) is 3.05. The number of nitrogens with one attached hydrogen (secondary N) is 1. The monoisotopic (exact) mass is 445 g/mol. The van der Waals surface area contributed by atoms with Crippen LogP contribution in [0.25, 0.3) is 16.7 Å². The highest BCUT2D eigenvalue weighted by atomic mass is 19.4. The van der Waals surface area contributed by atoms with E-state index in [2.05, 4.69) is 25.5 Å². The van der Waals surface area contributed by atoms with Gasteiger partial charge in [-0.05, 0) is 30.7 Å². The van der Waals surface area contributed by atoms with E-state index in [4.69, 9.17) is 5.11 Å². The lowest BCUT2D eigenvalue weighted by molar-refractivity contribution is -0.137. The van der Waals surface area contributed by atoms with Gasteiger partial charge in [0, 0.05) is 37.9 Å². The number of alkyl halides is 3. The summed E-state index contributed by atoms with van der Waals surface area (Å²) in [5.74, 6) is -0.109. The fraction of sp³-hybridized carbons (Fsp3) is 0.250. The molecule has 0 atom stereocenters. The molecule has 4 heterocycles. The molecule has 0 radical (unpaired) electrons. The minimum atomic E-state index is -4.45. The largest absolute Gasteiger partial charge is 0.417 e. The number of carbonyl (C=O) groups is 1. The van der Waals surface area contributed by atoms with Crippen molar-refractivity contribution in [2.45, 2.75) is 19.1 Å². The Balaban J connectivity index is 1.51. The summed E-state index contributed by atoms with van der Waals surface area (Å²) < 4.78 is 41.1. The van der Waals surface area contributed by atoms with Gasteiger partial charge in [0.25, 0.3) is 5.91 Å². The molecule has 32 heavy (non-hydrogen) atoms. The van der Waals surface area contributed by atoms with Crippen LogP contribution in [0.1, 0.15) is 28.2 Å². The Labute approximate surface area is 179 Å². The molecular weight excluding hydrogens is 427 g/mol. The maximum absolute atomic E-state index is 12.7. The Hall–Kier alpha value is -3.80. The van der Waals surface area contributed by atoms with Crippen LogP contribution in [0.4, 0.5) is 13.2 Å². The van der Waals surface area contributed by atoms with Crippen molar-refractivity contribution in [1.82, 2.24) is 34.8 Å². The number of rotatable bonds is 7. The van der Waals surface area contributed by atoms with Gasteiger partial charge >= 0.3 is 6.18 Å². The number of hydrogen-bond acceptors (Lipinski definition) is 6. The Kier molecular flexibility index (Phi) is 5.86. The minimum absolute atomic E-state index is 0.0233. The van der Waals surface area contributed by atoms with Crippen LogP contribution in [-0.4, -0.2) is 53.7 Å². The van der Waals surface area contributed by atoms with Crippen LogP contribution in [0.2, 0.25) is 0 Å². The lowest BCUT2D eigenvalue weighted by Gasteiger charge is -2.06. The second-order valence-electron chi connectivity index (χ2n) is 6.91. The second-order valence-corrected chi connectivity index (χ2v) is 6.91. The first-order chi connectivity index (χ1) is 15.3. The smallest absolute Gasteiger partial charge is 0.396 e. The minimum Gasteiger partial charge on any atom is -0.396 e. The summed E-state index contributed by atoms with van der Waals surface area (Å²) in [5, 5.41) is 20.9. The number of nitrogens with zero attached hydrogens (tertiary/aromatic N) is 6. The van der Waals surface area contributed by atoms with Gasteiger partial charge in [0.2, 0.25) is 0 Å². The predicted octanol–water partition coefficient (Wildman–Crippen LogP) is 2.19. The van der Waals surface area contributed by atoms with E-state index in [1.165, 1.54) is 16.9 Å². The highest BCUT2D eigenvalue weighted by molar-refractivity contribution is 6.04. The van der Waals surface area contributed by atoms with E-state index in [-0.39, 0.29) is 30.6 Å². The maximum Gasteiger partial charge on any atom is 0.417 e. The number of hydrogen-bond donors (Lipinski definition) is 2. The third-order valence-corrected chi connectivity index (χ3v) is 4.60. The van der Waals surface area contributed by atoms with Crippen LogP contribution in [0.3, 0.4) is 0 Å². The summed E-state index contributed by atoms with van der Waals surface area (Å²) in [7, 11) is 0. The van der Waals surface area contributed by atoms with E-state index in [1.54, 1.807) is 29.2 Å². The van der Waals surface area contributed by atoms with Crippen molar-refractivity contribution >= 4 is 16.8 Å². The molecule has 4 aromatic rings. The first kappa shape index (κ1) is 21.4. The second kappa shape index (κ2) is 8.75. The fourth-order valence-electron chi connectivity index (χ4n) is 3.05. The predicted molar refractivity (Wildman–Crippen MR) is 107 cm³/mol. The zero-order valence-electron chi connectivity index (χ0n) is 16.6. The first-order valence-corrected chi connectivity index (χ1v) is 9.64. The van der Waals surface area contributed by atoms with Crippen molar-refractivity contribution in [3.8, 4) is 5.82 Å². The molecule has 4 aromatic heterocycles. The molecular formula is C20H18F3N7O2. The molecule has 9 nitrogen and oxygen atoms in total. The van der Waals surface area contributed by atoms with Gasteiger partial charge in [0.05, 0.1) is 28.7 Å². The highest BCUT2D eigenvalue weighted by Gasteiger charge is 2.30. The van der Waals surface area contributed by atoms with Crippen molar-refractivity contribution in [3.63, 3.8) is 0 Å². The van der Waals surface area contributed by atoms with E-state index in [0.29, 0.717) is 29.6 Å². The standard InChI is InChI=1S/C20H18F3N7O2/c21-20(22,23)13-2-3-17(26-10-13)30-8-5-14(27-30)11-29-12-15-16(28-29)4-7-24-18(15)19(32)25-6-1-9-31/h2-5,7-8,10,12,31H,1,6,9,11H2,(H,25,32). The average molecular weight is 445 g/mol.